The highest BCUT2D eigenvalue weighted by Gasteiger charge is 2.28. The molecule has 0 rings (SSSR count). The maximum absolute atomic E-state index is 12.8. The summed E-state index contributed by atoms with van der Waals surface area (Å²) in [5.41, 5.74) is 0. The van der Waals surface area contributed by atoms with Crippen molar-refractivity contribution < 1.29 is 52.2 Å². The zero-order valence-corrected chi connectivity index (χ0v) is 42.5. The fourth-order valence-corrected chi connectivity index (χ4v) is 7.45. The molecule has 66 heavy (non-hydrogen) atoms. The molecule has 380 valence electrons. The highest BCUT2D eigenvalue weighted by molar-refractivity contribution is 7.47. The van der Waals surface area contributed by atoms with Gasteiger partial charge in [-0.2, -0.15) is 0 Å². The zero-order valence-electron chi connectivity index (χ0n) is 41.6. The molecule has 0 aromatic rings. The molecular formula is C54H93O11P. The number of hydrogen-bond acceptors (Lipinski definition) is 10. The lowest BCUT2D eigenvalue weighted by atomic mass is 10.1. The number of ether oxygens (including phenoxy) is 3. The number of carbonyl (C=O) groups is 3. The van der Waals surface area contributed by atoms with Gasteiger partial charge in [0.25, 0.3) is 0 Å². The number of rotatable bonds is 47. The Morgan fingerprint density at radius 2 is 0.818 bits per heavy atom. The minimum absolute atomic E-state index is 0.143. The standard InChI is InChI=1S/C54H93O11P/c1-4-7-10-13-16-19-22-23-24-25-26-27-30-31-34-37-40-43-52(56)61-47-51(65-54(58)45-42-39-36-33-29-21-18-15-12-9-6-3)49-63-66(59,60)62-48-50(46-55)64-53(57)44-41-38-35-32-28-20-17-14-11-8-5-2/h7,10,15-16,18-19,23-24,26-27,31,34,50-51,55H,4-6,8-9,11-14,17,20-22,25,28-30,32-33,35-49H2,1-3H3,(H,59,60)/b10-7-,18-15-,19-16-,24-23-,27-26-,34-31-. The molecule has 0 amide bonds. The van der Waals surface area contributed by atoms with Crippen LogP contribution in [-0.4, -0.2) is 66.5 Å². The number of phosphoric ester groups is 1. The number of carbonyl (C=O) groups excluding carboxylic acids is 3. The van der Waals surface area contributed by atoms with Crippen molar-refractivity contribution in [3.05, 3.63) is 72.9 Å². The Morgan fingerprint density at radius 1 is 0.439 bits per heavy atom. The molecule has 2 N–H and O–H groups in total. The van der Waals surface area contributed by atoms with Gasteiger partial charge < -0.3 is 24.2 Å². The fourth-order valence-electron chi connectivity index (χ4n) is 6.67. The molecule has 11 nitrogen and oxygen atoms in total. The van der Waals surface area contributed by atoms with Crippen molar-refractivity contribution >= 4 is 25.7 Å². The van der Waals surface area contributed by atoms with E-state index in [4.69, 9.17) is 23.3 Å². The second kappa shape index (κ2) is 48.4. The van der Waals surface area contributed by atoms with Crippen LogP contribution in [0.3, 0.4) is 0 Å². The van der Waals surface area contributed by atoms with Gasteiger partial charge in [0.1, 0.15) is 12.7 Å². The van der Waals surface area contributed by atoms with Crippen molar-refractivity contribution in [2.24, 2.45) is 0 Å². The average Bonchev–Trinajstić information content (AvgIpc) is 3.30. The first-order valence-corrected chi connectivity index (χ1v) is 27.3. The van der Waals surface area contributed by atoms with E-state index in [9.17, 15) is 28.9 Å². The number of allylic oxidation sites excluding steroid dienone is 12. The fraction of sp³-hybridized carbons (Fsp3) is 0.722. The lowest BCUT2D eigenvalue weighted by Gasteiger charge is -2.21. The Bertz CT molecular complexity index is 1390. The normalized spacial score (nSPS) is 14.1. The average molecular weight is 949 g/mol. The van der Waals surface area contributed by atoms with Crippen LogP contribution in [0.1, 0.15) is 213 Å². The molecule has 0 fully saturated rings. The highest BCUT2D eigenvalue weighted by atomic mass is 31.2. The largest absolute Gasteiger partial charge is 0.472 e. The molecule has 12 heteroatoms. The number of aliphatic hydroxyl groups excluding tert-OH is 1. The van der Waals surface area contributed by atoms with Crippen LogP contribution in [0.15, 0.2) is 72.9 Å². The van der Waals surface area contributed by atoms with E-state index in [1.807, 2.05) is 6.08 Å². The molecule has 0 heterocycles. The molecule has 0 spiro atoms. The van der Waals surface area contributed by atoms with Crippen LogP contribution < -0.4 is 0 Å². The lowest BCUT2D eigenvalue weighted by molar-refractivity contribution is -0.161. The quantitative estimate of drug-likeness (QED) is 0.0197. The topological polar surface area (TPSA) is 155 Å². The van der Waals surface area contributed by atoms with Gasteiger partial charge in [-0.15, -0.1) is 0 Å². The summed E-state index contributed by atoms with van der Waals surface area (Å²) in [6, 6.07) is 0. The minimum atomic E-state index is -4.75. The maximum atomic E-state index is 12.8. The second-order valence-corrected chi connectivity index (χ2v) is 18.4. The first kappa shape index (κ1) is 62.9. The van der Waals surface area contributed by atoms with Gasteiger partial charge in [0.15, 0.2) is 6.10 Å². The molecule has 0 saturated heterocycles. The van der Waals surface area contributed by atoms with Crippen LogP contribution in [0.4, 0.5) is 0 Å². The summed E-state index contributed by atoms with van der Waals surface area (Å²) >= 11 is 0. The van der Waals surface area contributed by atoms with E-state index >= 15 is 0 Å². The van der Waals surface area contributed by atoms with Crippen molar-refractivity contribution in [2.45, 2.75) is 226 Å². The third-order valence-corrected chi connectivity index (χ3v) is 11.6. The predicted octanol–water partition coefficient (Wildman–Crippen LogP) is 14.6. The number of esters is 3. The van der Waals surface area contributed by atoms with E-state index in [-0.39, 0.29) is 25.9 Å². The predicted molar refractivity (Wildman–Crippen MR) is 270 cm³/mol. The Balaban J connectivity index is 4.81. The van der Waals surface area contributed by atoms with Crippen molar-refractivity contribution in [3.8, 4) is 0 Å². The lowest BCUT2D eigenvalue weighted by Crippen LogP contribution is -2.30. The van der Waals surface area contributed by atoms with Gasteiger partial charge in [0.2, 0.25) is 0 Å². The van der Waals surface area contributed by atoms with E-state index in [0.717, 1.165) is 89.9 Å². The molecule has 0 aliphatic heterocycles. The summed E-state index contributed by atoms with van der Waals surface area (Å²) in [6.07, 6.45) is 51.7. The molecule has 0 aliphatic rings. The summed E-state index contributed by atoms with van der Waals surface area (Å²) in [7, 11) is -4.75. The molecule has 0 bridgehead atoms. The molecule has 0 saturated carbocycles. The van der Waals surface area contributed by atoms with Gasteiger partial charge in [-0.05, 0) is 77.0 Å². The molecule has 0 radical (unpaired) electrons. The van der Waals surface area contributed by atoms with Gasteiger partial charge in [-0.3, -0.25) is 23.4 Å². The van der Waals surface area contributed by atoms with Gasteiger partial charge in [0, 0.05) is 19.3 Å². The maximum Gasteiger partial charge on any atom is 0.472 e. The molecule has 0 aliphatic carbocycles. The van der Waals surface area contributed by atoms with Crippen LogP contribution in [0.25, 0.3) is 0 Å². The van der Waals surface area contributed by atoms with Gasteiger partial charge in [0.05, 0.1) is 19.8 Å². The highest BCUT2D eigenvalue weighted by Crippen LogP contribution is 2.43. The summed E-state index contributed by atoms with van der Waals surface area (Å²) in [4.78, 5) is 48.2. The van der Waals surface area contributed by atoms with Gasteiger partial charge in [-0.1, -0.05) is 190 Å². The number of phosphoric acid groups is 1. The van der Waals surface area contributed by atoms with Crippen molar-refractivity contribution in [1.82, 2.24) is 0 Å². The molecule has 0 aromatic carbocycles. The Hall–Kier alpha value is -3.08. The van der Waals surface area contributed by atoms with Crippen molar-refractivity contribution in [2.75, 3.05) is 26.4 Å². The Labute approximate surface area is 401 Å². The molecular weight excluding hydrogens is 856 g/mol. The van der Waals surface area contributed by atoms with Crippen LogP contribution in [0.2, 0.25) is 0 Å². The monoisotopic (exact) mass is 949 g/mol. The number of aliphatic hydroxyl groups is 1. The molecule has 0 aromatic heterocycles. The minimum Gasteiger partial charge on any atom is -0.462 e. The first-order chi connectivity index (χ1) is 32.2. The van der Waals surface area contributed by atoms with Gasteiger partial charge in [-0.25, -0.2) is 4.57 Å². The van der Waals surface area contributed by atoms with Crippen LogP contribution in [0.5, 0.6) is 0 Å². The third kappa shape index (κ3) is 46.0. The summed E-state index contributed by atoms with van der Waals surface area (Å²) in [5.74, 6) is -1.55. The summed E-state index contributed by atoms with van der Waals surface area (Å²) in [6.45, 7) is 4.39. The smallest absolute Gasteiger partial charge is 0.462 e. The summed E-state index contributed by atoms with van der Waals surface area (Å²) < 4.78 is 39.2. The Kier molecular flexibility index (Phi) is 46.1. The van der Waals surface area contributed by atoms with Gasteiger partial charge >= 0.3 is 25.7 Å². The first-order valence-electron chi connectivity index (χ1n) is 25.8. The van der Waals surface area contributed by atoms with Crippen molar-refractivity contribution in [3.63, 3.8) is 0 Å². The number of hydrogen-bond donors (Lipinski definition) is 2. The zero-order chi connectivity index (χ0) is 48.4. The summed E-state index contributed by atoms with van der Waals surface area (Å²) in [5, 5.41) is 9.75. The van der Waals surface area contributed by atoms with E-state index in [1.165, 1.54) is 57.8 Å². The van der Waals surface area contributed by atoms with E-state index < -0.39 is 57.8 Å². The van der Waals surface area contributed by atoms with E-state index in [2.05, 4.69) is 87.6 Å². The molecule has 3 atom stereocenters. The Morgan fingerprint density at radius 3 is 1.32 bits per heavy atom. The van der Waals surface area contributed by atoms with E-state index in [1.54, 1.807) is 0 Å². The van der Waals surface area contributed by atoms with Crippen LogP contribution in [-0.2, 0) is 42.2 Å². The third-order valence-electron chi connectivity index (χ3n) is 10.6. The second-order valence-electron chi connectivity index (χ2n) is 17.0. The number of unbranched alkanes of at least 4 members (excludes halogenated alkanes) is 18. The molecule has 3 unspecified atom stereocenters. The van der Waals surface area contributed by atoms with Crippen LogP contribution in [0, 0.1) is 0 Å². The van der Waals surface area contributed by atoms with Crippen LogP contribution >= 0.6 is 7.82 Å². The SMILES string of the molecule is CC/C=C\C/C=C\C/C=C\C/C=C\C/C=C\CCCC(=O)OCC(COP(=O)(O)OCC(CO)OC(=O)CCCCCCCCCCCCC)OC(=O)CCCCCCC/C=C\CCCC. The van der Waals surface area contributed by atoms with Crippen molar-refractivity contribution in [1.29, 1.82) is 0 Å². The van der Waals surface area contributed by atoms with E-state index in [0.29, 0.717) is 25.7 Å².